The second-order valence-corrected chi connectivity index (χ2v) is 8.51. The van der Waals surface area contributed by atoms with Crippen molar-refractivity contribution in [1.29, 1.82) is 0 Å². The summed E-state index contributed by atoms with van der Waals surface area (Å²) < 4.78 is 12.2. The second-order valence-electron chi connectivity index (χ2n) is 8.51. The van der Waals surface area contributed by atoms with E-state index in [4.69, 9.17) is 9.47 Å². The molecule has 4 heterocycles. The zero-order valence-electron chi connectivity index (χ0n) is 20.3. The van der Waals surface area contributed by atoms with E-state index >= 15 is 0 Å². The summed E-state index contributed by atoms with van der Waals surface area (Å²) >= 11 is 0. The molecule has 0 spiro atoms. The van der Waals surface area contributed by atoms with Crippen LogP contribution in [0.5, 0.6) is 23.3 Å². The van der Waals surface area contributed by atoms with Gasteiger partial charge in [0.1, 0.15) is 11.5 Å². The molecule has 0 aliphatic carbocycles. The fourth-order valence-electron chi connectivity index (χ4n) is 4.08. The number of hydrogen-bond donors (Lipinski definition) is 0. The Balaban J connectivity index is 1.21. The van der Waals surface area contributed by atoms with Gasteiger partial charge in [0.2, 0.25) is 11.8 Å². The summed E-state index contributed by atoms with van der Waals surface area (Å²) in [6, 6.07) is 31.3. The molecule has 0 saturated carbocycles. The Labute approximate surface area is 220 Å². The number of pyridine rings is 4. The van der Waals surface area contributed by atoms with E-state index in [9.17, 15) is 0 Å². The van der Waals surface area contributed by atoms with Crippen LogP contribution < -0.4 is 9.47 Å². The zero-order valence-corrected chi connectivity index (χ0v) is 20.3. The van der Waals surface area contributed by atoms with Crippen molar-refractivity contribution in [2.75, 3.05) is 0 Å². The van der Waals surface area contributed by atoms with Crippen molar-refractivity contribution in [2.24, 2.45) is 0 Å². The van der Waals surface area contributed by atoms with Gasteiger partial charge in [-0.3, -0.25) is 9.97 Å². The molecule has 2 aromatic carbocycles. The highest BCUT2D eigenvalue weighted by Crippen LogP contribution is 2.32. The second kappa shape index (κ2) is 10.7. The molecule has 0 aliphatic rings. The van der Waals surface area contributed by atoms with Gasteiger partial charge >= 0.3 is 0 Å². The first kappa shape index (κ1) is 23.1. The van der Waals surface area contributed by atoms with Crippen LogP contribution in [0.4, 0.5) is 0 Å². The lowest BCUT2D eigenvalue weighted by Gasteiger charge is -2.10. The fraction of sp³-hybridized carbons (Fsp3) is 0. The molecule has 0 fully saturated rings. The highest BCUT2D eigenvalue weighted by molar-refractivity contribution is 5.68. The van der Waals surface area contributed by atoms with Crippen LogP contribution in [0.2, 0.25) is 0 Å². The van der Waals surface area contributed by atoms with Gasteiger partial charge in [-0.25, -0.2) is 9.97 Å². The predicted molar refractivity (Wildman–Crippen MR) is 147 cm³/mol. The van der Waals surface area contributed by atoms with E-state index in [-0.39, 0.29) is 0 Å². The minimum Gasteiger partial charge on any atom is -0.439 e. The Morgan fingerprint density at radius 1 is 0.395 bits per heavy atom. The van der Waals surface area contributed by atoms with E-state index in [0.717, 1.165) is 33.4 Å². The van der Waals surface area contributed by atoms with Crippen LogP contribution in [0.1, 0.15) is 0 Å². The molecule has 4 aromatic heterocycles. The van der Waals surface area contributed by atoms with E-state index in [1.54, 1.807) is 24.8 Å². The van der Waals surface area contributed by atoms with Gasteiger partial charge in [-0.1, -0.05) is 36.4 Å². The van der Waals surface area contributed by atoms with E-state index in [1.807, 2.05) is 109 Å². The van der Waals surface area contributed by atoms with Gasteiger partial charge in [-0.05, 0) is 70.8 Å². The predicted octanol–water partition coefficient (Wildman–Crippen LogP) is 7.85. The zero-order chi connectivity index (χ0) is 25.6. The third kappa shape index (κ3) is 5.39. The summed E-state index contributed by atoms with van der Waals surface area (Å²) in [4.78, 5) is 17.1. The average Bonchev–Trinajstić information content (AvgIpc) is 2.99. The average molecular weight is 495 g/mol. The lowest BCUT2D eigenvalue weighted by molar-refractivity contribution is 0.462. The molecule has 0 bridgehead atoms. The molecule has 6 rings (SSSR count). The molecule has 0 radical (unpaired) electrons. The van der Waals surface area contributed by atoms with Crippen LogP contribution in [-0.2, 0) is 0 Å². The molecule has 0 unspecified atom stereocenters. The van der Waals surface area contributed by atoms with Crippen molar-refractivity contribution < 1.29 is 9.47 Å². The van der Waals surface area contributed by atoms with Gasteiger partial charge < -0.3 is 9.47 Å². The molecule has 6 nitrogen and oxygen atoms in total. The molecule has 6 aromatic rings. The third-order valence-corrected chi connectivity index (χ3v) is 5.91. The minimum atomic E-state index is 0.514. The van der Waals surface area contributed by atoms with Gasteiger partial charge in [0, 0.05) is 60.4 Å². The van der Waals surface area contributed by atoms with Crippen LogP contribution in [0.3, 0.4) is 0 Å². The van der Waals surface area contributed by atoms with Crippen LogP contribution in [0, 0.1) is 0 Å². The molecule has 0 amide bonds. The van der Waals surface area contributed by atoms with Gasteiger partial charge in [0.05, 0.1) is 0 Å². The molecule has 38 heavy (non-hydrogen) atoms. The lowest BCUT2D eigenvalue weighted by atomic mass is 10.1. The van der Waals surface area contributed by atoms with Crippen molar-refractivity contribution in [3.63, 3.8) is 0 Å². The Kier molecular flexibility index (Phi) is 6.51. The van der Waals surface area contributed by atoms with E-state index in [0.29, 0.717) is 23.3 Å². The van der Waals surface area contributed by atoms with Gasteiger partial charge in [-0.2, -0.15) is 0 Å². The number of rotatable bonds is 7. The summed E-state index contributed by atoms with van der Waals surface area (Å²) in [6.45, 7) is 0. The van der Waals surface area contributed by atoms with Crippen LogP contribution in [0.15, 0.2) is 134 Å². The Morgan fingerprint density at radius 3 is 1.29 bits per heavy atom. The molecule has 0 aliphatic heterocycles. The van der Waals surface area contributed by atoms with Crippen molar-refractivity contribution in [3.05, 3.63) is 134 Å². The molecule has 0 saturated heterocycles. The van der Waals surface area contributed by atoms with E-state index < -0.39 is 0 Å². The molecular formula is C32H22N4O2. The fourth-order valence-corrected chi connectivity index (χ4v) is 4.08. The third-order valence-electron chi connectivity index (χ3n) is 5.91. The maximum absolute atomic E-state index is 6.11. The van der Waals surface area contributed by atoms with E-state index in [2.05, 4.69) is 19.9 Å². The van der Waals surface area contributed by atoms with Crippen molar-refractivity contribution >= 4 is 0 Å². The molecular weight excluding hydrogens is 472 g/mol. The number of aromatic nitrogens is 4. The Morgan fingerprint density at radius 2 is 0.842 bits per heavy atom. The van der Waals surface area contributed by atoms with Gasteiger partial charge in [0.25, 0.3) is 0 Å². The lowest BCUT2D eigenvalue weighted by Crippen LogP contribution is -1.91. The van der Waals surface area contributed by atoms with Crippen LogP contribution in [-0.4, -0.2) is 19.9 Å². The highest BCUT2D eigenvalue weighted by Gasteiger charge is 2.08. The maximum Gasteiger partial charge on any atom is 0.219 e. The Bertz CT molecular complexity index is 1550. The van der Waals surface area contributed by atoms with Crippen LogP contribution >= 0.6 is 0 Å². The normalized spacial score (nSPS) is 10.6. The Hall–Kier alpha value is -5.36. The summed E-state index contributed by atoms with van der Waals surface area (Å²) in [5.41, 5.74) is 5.98. The summed E-state index contributed by atoms with van der Waals surface area (Å²) in [7, 11) is 0. The first-order chi connectivity index (χ1) is 18.8. The molecule has 6 heteroatoms. The van der Waals surface area contributed by atoms with Gasteiger partial charge in [-0.15, -0.1) is 0 Å². The van der Waals surface area contributed by atoms with Crippen molar-refractivity contribution in [1.82, 2.24) is 19.9 Å². The minimum absolute atomic E-state index is 0.514. The number of nitrogens with zero attached hydrogens (tertiary/aromatic N) is 4. The number of ether oxygens (including phenoxy) is 2. The summed E-state index contributed by atoms with van der Waals surface area (Å²) in [6.07, 6.45) is 10.6. The van der Waals surface area contributed by atoms with Crippen molar-refractivity contribution in [3.8, 4) is 56.6 Å². The SMILES string of the molecule is c1cncc(-c2ccnc(Oc3cccc(-c4cccc(Oc5cc(-c6cccnc6)ccn5)c4)c3)c2)c1. The highest BCUT2D eigenvalue weighted by atomic mass is 16.5. The first-order valence-corrected chi connectivity index (χ1v) is 12.1. The summed E-state index contributed by atoms with van der Waals surface area (Å²) in [5.74, 6) is 2.41. The topological polar surface area (TPSA) is 70.0 Å². The van der Waals surface area contributed by atoms with Crippen LogP contribution in [0.25, 0.3) is 33.4 Å². The molecule has 0 atom stereocenters. The summed E-state index contributed by atoms with van der Waals surface area (Å²) in [5, 5.41) is 0. The van der Waals surface area contributed by atoms with E-state index in [1.165, 1.54) is 0 Å². The molecule has 182 valence electrons. The quantitative estimate of drug-likeness (QED) is 0.225. The first-order valence-electron chi connectivity index (χ1n) is 12.1. The molecule has 0 N–H and O–H groups in total. The largest absolute Gasteiger partial charge is 0.439 e. The van der Waals surface area contributed by atoms with Gasteiger partial charge in [0.15, 0.2) is 0 Å². The maximum atomic E-state index is 6.11. The smallest absolute Gasteiger partial charge is 0.219 e. The monoisotopic (exact) mass is 494 g/mol. The number of benzene rings is 2. The number of hydrogen-bond acceptors (Lipinski definition) is 6. The standard InChI is InChI=1S/C32H22N4O2/c1-5-23(17-29(9-1)37-31-19-25(11-15-35-31)27-7-3-13-33-21-27)24-6-2-10-30(18-24)38-32-20-26(12-16-36-32)28-8-4-14-34-22-28/h1-22H. The van der Waals surface area contributed by atoms with Crippen molar-refractivity contribution in [2.45, 2.75) is 0 Å².